The van der Waals surface area contributed by atoms with Crippen molar-refractivity contribution in [2.45, 2.75) is 19.9 Å². The van der Waals surface area contributed by atoms with E-state index < -0.39 is 0 Å². The molecular formula is C20H20N2O2S. The van der Waals surface area contributed by atoms with E-state index in [-0.39, 0.29) is 12.3 Å². The van der Waals surface area contributed by atoms with Gasteiger partial charge in [-0.15, -0.1) is 11.3 Å². The molecule has 3 rings (SSSR count). The van der Waals surface area contributed by atoms with Crippen LogP contribution in [0, 0.1) is 6.92 Å². The molecule has 128 valence electrons. The number of hydrogen-bond donors (Lipinski definition) is 1. The highest BCUT2D eigenvalue weighted by atomic mass is 32.1. The van der Waals surface area contributed by atoms with Crippen molar-refractivity contribution < 1.29 is 9.53 Å². The van der Waals surface area contributed by atoms with Gasteiger partial charge in [-0.05, 0) is 13.0 Å². The summed E-state index contributed by atoms with van der Waals surface area (Å²) in [5, 5.41) is 5.80. The Morgan fingerprint density at radius 1 is 1.16 bits per heavy atom. The first kappa shape index (κ1) is 17.2. The number of hydrogen-bond acceptors (Lipinski definition) is 4. The maximum Gasteiger partial charge on any atom is 0.226 e. The highest BCUT2D eigenvalue weighted by Crippen LogP contribution is 2.24. The molecule has 1 amide bonds. The molecule has 5 heteroatoms. The third-order valence-corrected chi connectivity index (χ3v) is 4.80. The standard InChI is InChI=1S/C20H20N2O2S/c1-14-7-9-15(10-8-14)20-22-17(13-25-20)11-19(23)21-12-16-5-3-4-6-18(16)24-2/h3-10,13H,11-12H2,1-2H3,(H,21,23). The molecule has 25 heavy (non-hydrogen) atoms. The second-order valence-electron chi connectivity index (χ2n) is 5.78. The van der Waals surface area contributed by atoms with Gasteiger partial charge in [-0.3, -0.25) is 4.79 Å². The molecule has 0 aliphatic heterocycles. The Kier molecular flexibility index (Phi) is 5.46. The van der Waals surface area contributed by atoms with Crippen molar-refractivity contribution in [2.75, 3.05) is 7.11 Å². The number of amides is 1. The number of benzene rings is 2. The van der Waals surface area contributed by atoms with Crippen LogP contribution in [0.1, 0.15) is 16.8 Å². The molecule has 0 radical (unpaired) electrons. The Balaban J connectivity index is 1.59. The highest BCUT2D eigenvalue weighted by molar-refractivity contribution is 7.13. The van der Waals surface area contributed by atoms with E-state index in [1.807, 2.05) is 29.6 Å². The van der Waals surface area contributed by atoms with Gasteiger partial charge in [0.15, 0.2) is 0 Å². The minimum Gasteiger partial charge on any atom is -0.496 e. The molecule has 0 fully saturated rings. The van der Waals surface area contributed by atoms with Crippen LogP contribution in [0.3, 0.4) is 0 Å². The van der Waals surface area contributed by atoms with Crippen molar-refractivity contribution in [3.63, 3.8) is 0 Å². The number of aromatic nitrogens is 1. The van der Waals surface area contributed by atoms with Crippen LogP contribution < -0.4 is 10.1 Å². The maximum absolute atomic E-state index is 12.2. The molecule has 4 nitrogen and oxygen atoms in total. The number of ether oxygens (including phenoxy) is 1. The predicted octanol–water partition coefficient (Wildman–Crippen LogP) is 3.99. The zero-order valence-electron chi connectivity index (χ0n) is 14.3. The maximum atomic E-state index is 12.2. The van der Waals surface area contributed by atoms with Gasteiger partial charge in [0, 0.05) is 23.1 Å². The van der Waals surface area contributed by atoms with E-state index in [9.17, 15) is 4.79 Å². The van der Waals surface area contributed by atoms with Crippen LogP contribution >= 0.6 is 11.3 Å². The fourth-order valence-corrected chi connectivity index (χ4v) is 3.31. The van der Waals surface area contributed by atoms with Gasteiger partial charge in [0.1, 0.15) is 10.8 Å². The number of rotatable bonds is 6. The quantitative estimate of drug-likeness (QED) is 0.730. The largest absolute Gasteiger partial charge is 0.496 e. The van der Waals surface area contributed by atoms with Crippen molar-refractivity contribution in [3.8, 4) is 16.3 Å². The van der Waals surface area contributed by atoms with Crippen LogP contribution in [-0.2, 0) is 17.8 Å². The van der Waals surface area contributed by atoms with Crippen molar-refractivity contribution in [1.82, 2.24) is 10.3 Å². The first-order valence-electron chi connectivity index (χ1n) is 8.06. The van der Waals surface area contributed by atoms with Gasteiger partial charge in [-0.2, -0.15) is 0 Å². The van der Waals surface area contributed by atoms with Crippen molar-refractivity contribution in [3.05, 3.63) is 70.7 Å². The molecule has 1 aromatic heterocycles. The molecule has 3 aromatic rings. The van der Waals surface area contributed by atoms with Gasteiger partial charge in [0.2, 0.25) is 5.91 Å². The Bertz CT molecular complexity index is 856. The molecule has 0 bridgehead atoms. The number of aryl methyl sites for hydroxylation is 1. The van der Waals surface area contributed by atoms with Crippen molar-refractivity contribution in [1.29, 1.82) is 0 Å². The third-order valence-electron chi connectivity index (χ3n) is 3.86. The lowest BCUT2D eigenvalue weighted by Gasteiger charge is -2.09. The van der Waals surface area contributed by atoms with E-state index in [1.165, 1.54) is 5.56 Å². The summed E-state index contributed by atoms with van der Waals surface area (Å²) in [6, 6.07) is 15.9. The SMILES string of the molecule is COc1ccccc1CNC(=O)Cc1csc(-c2ccc(C)cc2)n1. The molecular weight excluding hydrogens is 332 g/mol. The second-order valence-corrected chi connectivity index (χ2v) is 6.63. The van der Waals surface area contributed by atoms with Crippen LogP contribution in [0.2, 0.25) is 0 Å². The summed E-state index contributed by atoms with van der Waals surface area (Å²) in [6.07, 6.45) is 0.275. The topological polar surface area (TPSA) is 51.2 Å². The summed E-state index contributed by atoms with van der Waals surface area (Å²) in [7, 11) is 1.63. The Hall–Kier alpha value is -2.66. The molecule has 0 saturated heterocycles. The number of carbonyl (C=O) groups excluding carboxylic acids is 1. The van der Waals surface area contributed by atoms with Gasteiger partial charge in [0.05, 0.1) is 19.2 Å². The summed E-state index contributed by atoms with van der Waals surface area (Å²) in [4.78, 5) is 16.8. The predicted molar refractivity (Wildman–Crippen MR) is 101 cm³/mol. The summed E-state index contributed by atoms with van der Waals surface area (Å²) < 4.78 is 5.29. The molecule has 0 aliphatic rings. The minimum atomic E-state index is -0.0494. The van der Waals surface area contributed by atoms with Gasteiger partial charge < -0.3 is 10.1 Å². The lowest BCUT2D eigenvalue weighted by molar-refractivity contribution is -0.120. The molecule has 0 aliphatic carbocycles. The van der Waals surface area contributed by atoms with Crippen molar-refractivity contribution in [2.24, 2.45) is 0 Å². The first-order chi connectivity index (χ1) is 12.2. The highest BCUT2D eigenvalue weighted by Gasteiger charge is 2.10. The molecule has 0 saturated carbocycles. The molecule has 0 unspecified atom stereocenters. The number of methoxy groups -OCH3 is 1. The summed E-state index contributed by atoms with van der Waals surface area (Å²) >= 11 is 1.56. The second kappa shape index (κ2) is 7.94. The van der Waals surface area contributed by atoms with E-state index in [4.69, 9.17) is 4.74 Å². The fraction of sp³-hybridized carbons (Fsp3) is 0.200. The summed E-state index contributed by atoms with van der Waals surface area (Å²) in [5.74, 6) is 0.727. The van der Waals surface area contributed by atoms with E-state index in [0.717, 1.165) is 27.6 Å². The van der Waals surface area contributed by atoms with Gasteiger partial charge in [0.25, 0.3) is 0 Å². The fourth-order valence-electron chi connectivity index (χ4n) is 2.49. The average molecular weight is 352 g/mol. The monoisotopic (exact) mass is 352 g/mol. The number of thiazole rings is 1. The molecule has 2 aromatic carbocycles. The lowest BCUT2D eigenvalue weighted by Crippen LogP contribution is -2.24. The summed E-state index contributed by atoms with van der Waals surface area (Å²) in [5.41, 5.74) is 4.04. The summed E-state index contributed by atoms with van der Waals surface area (Å²) in [6.45, 7) is 2.50. The molecule has 0 atom stereocenters. The Labute approximate surface area is 151 Å². The number of nitrogens with zero attached hydrogens (tertiary/aromatic N) is 1. The zero-order chi connectivity index (χ0) is 17.6. The van der Waals surface area contributed by atoms with E-state index in [1.54, 1.807) is 18.4 Å². The zero-order valence-corrected chi connectivity index (χ0v) is 15.1. The van der Waals surface area contributed by atoms with Gasteiger partial charge >= 0.3 is 0 Å². The van der Waals surface area contributed by atoms with Gasteiger partial charge in [-0.25, -0.2) is 4.98 Å². The Morgan fingerprint density at radius 2 is 1.92 bits per heavy atom. The third kappa shape index (κ3) is 4.45. The van der Waals surface area contributed by atoms with Crippen LogP contribution in [-0.4, -0.2) is 18.0 Å². The van der Waals surface area contributed by atoms with E-state index in [2.05, 4.69) is 41.5 Å². The van der Waals surface area contributed by atoms with Crippen LogP contribution in [0.25, 0.3) is 10.6 Å². The first-order valence-corrected chi connectivity index (χ1v) is 8.93. The average Bonchev–Trinajstić information content (AvgIpc) is 3.09. The van der Waals surface area contributed by atoms with Crippen LogP contribution in [0.15, 0.2) is 53.9 Å². The Morgan fingerprint density at radius 3 is 2.68 bits per heavy atom. The smallest absolute Gasteiger partial charge is 0.226 e. The molecule has 1 N–H and O–H groups in total. The van der Waals surface area contributed by atoms with E-state index in [0.29, 0.717) is 6.54 Å². The van der Waals surface area contributed by atoms with Crippen molar-refractivity contribution >= 4 is 17.2 Å². The molecule has 1 heterocycles. The number of carbonyl (C=O) groups is 1. The van der Waals surface area contributed by atoms with Crippen LogP contribution in [0.5, 0.6) is 5.75 Å². The minimum absolute atomic E-state index is 0.0494. The van der Waals surface area contributed by atoms with Crippen LogP contribution in [0.4, 0.5) is 0 Å². The lowest BCUT2D eigenvalue weighted by atomic mass is 10.2. The van der Waals surface area contributed by atoms with E-state index >= 15 is 0 Å². The normalized spacial score (nSPS) is 10.5. The van der Waals surface area contributed by atoms with Gasteiger partial charge in [-0.1, -0.05) is 48.0 Å². The number of nitrogens with one attached hydrogen (secondary N) is 1. The number of para-hydroxylation sites is 1. The molecule has 0 spiro atoms.